The standard InChI is InChI=1S/C28H27N3O4/c1-15-14-34-25-17(3)26-19(12-18(15)25)16(2)20(28(33)35-26)13-24(32)31-11-7-6-10-23(31)27-29-21-8-4-5-9-22(21)30-27/h4-5,8-9,12,14,23H,6-7,10-11,13H2,1-3H3,(H,29,30). The summed E-state index contributed by atoms with van der Waals surface area (Å²) < 4.78 is 11.4. The maximum Gasteiger partial charge on any atom is 0.340 e. The molecule has 1 unspecified atom stereocenters. The van der Waals surface area contributed by atoms with E-state index in [1.165, 1.54) is 0 Å². The fraction of sp³-hybridized carbons (Fsp3) is 0.321. The molecule has 3 aromatic heterocycles. The Kier molecular flexibility index (Phi) is 5.02. The number of H-pyrrole nitrogens is 1. The fourth-order valence-corrected chi connectivity index (χ4v) is 5.42. The van der Waals surface area contributed by atoms with Crippen LogP contribution in [0.4, 0.5) is 0 Å². The lowest BCUT2D eigenvalue weighted by Gasteiger charge is -2.34. The van der Waals surface area contributed by atoms with Crippen LogP contribution in [-0.4, -0.2) is 27.3 Å². The molecule has 1 atom stereocenters. The van der Waals surface area contributed by atoms with Crippen molar-refractivity contribution in [1.82, 2.24) is 14.9 Å². The molecule has 1 amide bonds. The SMILES string of the molecule is Cc1coc2c(C)c3oc(=O)c(CC(=O)N4CCCCC4c4nc5ccccc5[nH]4)c(C)c3cc12. The fourth-order valence-electron chi connectivity index (χ4n) is 5.42. The second-order valence-corrected chi connectivity index (χ2v) is 9.58. The van der Waals surface area contributed by atoms with Gasteiger partial charge in [0.15, 0.2) is 0 Å². The number of nitrogens with zero attached hydrogens (tertiary/aromatic N) is 2. The minimum absolute atomic E-state index is 0.00227. The van der Waals surface area contributed by atoms with Gasteiger partial charge in [-0.05, 0) is 69.4 Å². The second kappa shape index (κ2) is 8.12. The first-order valence-electron chi connectivity index (χ1n) is 12.1. The van der Waals surface area contributed by atoms with Crippen LogP contribution < -0.4 is 5.63 Å². The van der Waals surface area contributed by atoms with Crippen molar-refractivity contribution < 1.29 is 13.6 Å². The lowest BCUT2D eigenvalue weighted by Crippen LogP contribution is -2.40. The smallest absolute Gasteiger partial charge is 0.340 e. The van der Waals surface area contributed by atoms with Gasteiger partial charge in [-0.25, -0.2) is 9.78 Å². The summed E-state index contributed by atoms with van der Waals surface area (Å²) in [6.45, 7) is 6.43. The third-order valence-corrected chi connectivity index (χ3v) is 7.41. The summed E-state index contributed by atoms with van der Waals surface area (Å²) >= 11 is 0. The van der Waals surface area contributed by atoms with E-state index in [1.54, 1.807) is 6.26 Å². The van der Waals surface area contributed by atoms with Gasteiger partial charge in [-0.3, -0.25) is 4.79 Å². The highest BCUT2D eigenvalue weighted by atomic mass is 16.4. The number of rotatable bonds is 3. The molecular weight excluding hydrogens is 442 g/mol. The van der Waals surface area contributed by atoms with Crippen LogP contribution in [0.5, 0.6) is 0 Å². The van der Waals surface area contributed by atoms with E-state index >= 15 is 0 Å². The van der Waals surface area contributed by atoms with Gasteiger partial charge in [0.25, 0.3) is 0 Å². The van der Waals surface area contributed by atoms with Gasteiger partial charge in [-0.2, -0.15) is 0 Å². The topological polar surface area (TPSA) is 92.3 Å². The first-order chi connectivity index (χ1) is 16.9. The first-order valence-corrected chi connectivity index (χ1v) is 12.1. The minimum atomic E-state index is -0.466. The number of nitrogens with one attached hydrogen (secondary N) is 1. The average Bonchev–Trinajstić information content (AvgIpc) is 3.46. The number of carbonyl (C=O) groups excluding carboxylic acids is 1. The van der Waals surface area contributed by atoms with Gasteiger partial charge >= 0.3 is 5.63 Å². The largest absolute Gasteiger partial charge is 0.464 e. The van der Waals surface area contributed by atoms with Crippen LogP contribution in [0.3, 0.4) is 0 Å². The number of amides is 1. The van der Waals surface area contributed by atoms with E-state index in [4.69, 9.17) is 13.8 Å². The van der Waals surface area contributed by atoms with E-state index in [0.717, 1.165) is 69.2 Å². The molecule has 1 fully saturated rings. The van der Waals surface area contributed by atoms with Gasteiger partial charge in [0.05, 0.1) is 35.3 Å². The number of carbonyl (C=O) groups is 1. The van der Waals surface area contributed by atoms with Gasteiger partial charge in [-0.1, -0.05) is 12.1 Å². The van der Waals surface area contributed by atoms with Crippen molar-refractivity contribution in [3.05, 3.63) is 75.1 Å². The van der Waals surface area contributed by atoms with E-state index in [1.807, 2.05) is 56.0 Å². The molecule has 0 spiro atoms. The number of benzene rings is 2. The number of imidazole rings is 1. The molecule has 0 aliphatic carbocycles. The molecule has 0 radical (unpaired) electrons. The van der Waals surface area contributed by atoms with Gasteiger partial charge in [-0.15, -0.1) is 0 Å². The number of para-hydroxylation sites is 2. The lowest BCUT2D eigenvalue weighted by molar-refractivity contribution is -0.134. The minimum Gasteiger partial charge on any atom is -0.464 e. The van der Waals surface area contributed by atoms with Crippen molar-refractivity contribution >= 4 is 38.9 Å². The van der Waals surface area contributed by atoms with E-state index < -0.39 is 5.63 Å². The summed E-state index contributed by atoms with van der Waals surface area (Å²) in [7, 11) is 0. The summed E-state index contributed by atoms with van der Waals surface area (Å²) in [5.74, 6) is 0.720. The zero-order chi connectivity index (χ0) is 24.3. The molecule has 35 heavy (non-hydrogen) atoms. The maximum atomic E-state index is 13.6. The lowest BCUT2D eigenvalue weighted by atomic mass is 9.97. The van der Waals surface area contributed by atoms with Crippen molar-refractivity contribution in [2.75, 3.05) is 6.54 Å². The Hall–Kier alpha value is -3.87. The summed E-state index contributed by atoms with van der Waals surface area (Å²) in [6, 6.07) is 9.75. The molecule has 1 saturated heterocycles. The third kappa shape index (κ3) is 3.45. The van der Waals surface area contributed by atoms with Gasteiger partial charge < -0.3 is 18.7 Å². The molecule has 178 valence electrons. The van der Waals surface area contributed by atoms with Crippen LogP contribution >= 0.6 is 0 Å². The summed E-state index contributed by atoms with van der Waals surface area (Å²) in [4.78, 5) is 36.7. The number of aromatic nitrogens is 2. The molecule has 4 heterocycles. The Balaban J connectivity index is 1.38. The highest BCUT2D eigenvalue weighted by Gasteiger charge is 2.31. The van der Waals surface area contributed by atoms with Crippen molar-refractivity contribution in [1.29, 1.82) is 0 Å². The number of aromatic amines is 1. The van der Waals surface area contributed by atoms with Gasteiger partial charge in [0, 0.05) is 22.9 Å². The highest BCUT2D eigenvalue weighted by molar-refractivity contribution is 6.00. The molecule has 1 aliphatic heterocycles. The van der Waals surface area contributed by atoms with E-state index in [9.17, 15) is 9.59 Å². The third-order valence-electron chi connectivity index (χ3n) is 7.41. The molecule has 1 N–H and O–H groups in total. The highest BCUT2D eigenvalue weighted by Crippen LogP contribution is 2.34. The molecule has 0 bridgehead atoms. The monoisotopic (exact) mass is 469 g/mol. The Morgan fingerprint density at radius 1 is 1.11 bits per heavy atom. The van der Waals surface area contributed by atoms with E-state index in [2.05, 4.69) is 4.98 Å². The Labute approximate surface area is 201 Å². The molecule has 1 aliphatic rings. The van der Waals surface area contributed by atoms with Crippen LogP contribution in [-0.2, 0) is 11.2 Å². The predicted molar refractivity (Wildman–Crippen MR) is 135 cm³/mol. The van der Waals surface area contributed by atoms with Gasteiger partial charge in [0.2, 0.25) is 5.91 Å². The van der Waals surface area contributed by atoms with Crippen LogP contribution in [0.1, 0.15) is 53.4 Å². The zero-order valence-corrected chi connectivity index (χ0v) is 20.1. The average molecular weight is 470 g/mol. The second-order valence-electron chi connectivity index (χ2n) is 9.58. The number of fused-ring (bicyclic) bond motifs is 3. The number of likely N-dealkylation sites (tertiary alicyclic amines) is 1. The molecule has 6 rings (SSSR count). The van der Waals surface area contributed by atoms with Crippen LogP contribution in [0.15, 0.2) is 50.2 Å². The van der Waals surface area contributed by atoms with E-state index in [-0.39, 0.29) is 18.4 Å². The maximum absolute atomic E-state index is 13.6. The number of furan rings is 1. The van der Waals surface area contributed by atoms with E-state index in [0.29, 0.717) is 17.7 Å². The number of hydrogen-bond acceptors (Lipinski definition) is 5. The summed E-state index contributed by atoms with van der Waals surface area (Å²) in [5, 5.41) is 1.83. The zero-order valence-electron chi connectivity index (χ0n) is 20.1. The van der Waals surface area contributed by atoms with Crippen molar-refractivity contribution in [2.24, 2.45) is 0 Å². The van der Waals surface area contributed by atoms with Crippen molar-refractivity contribution in [2.45, 2.75) is 52.5 Å². The molecule has 2 aromatic carbocycles. The normalized spacial score (nSPS) is 16.5. The molecular formula is C28H27N3O4. The van der Waals surface area contributed by atoms with Crippen LogP contribution in [0.2, 0.25) is 0 Å². The summed E-state index contributed by atoms with van der Waals surface area (Å²) in [5.41, 5.74) is 5.65. The summed E-state index contributed by atoms with van der Waals surface area (Å²) in [6.07, 6.45) is 4.52. The number of piperidine rings is 1. The first kappa shape index (κ1) is 21.6. The Bertz CT molecular complexity index is 1640. The van der Waals surface area contributed by atoms with Crippen molar-refractivity contribution in [3.63, 3.8) is 0 Å². The molecule has 5 aromatic rings. The Morgan fingerprint density at radius 3 is 2.77 bits per heavy atom. The molecule has 0 saturated carbocycles. The number of aryl methyl sites for hydroxylation is 3. The number of hydrogen-bond donors (Lipinski definition) is 1. The van der Waals surface area contributed by atoms with Crippen molar-refractivity contribution in [3.8, 4) is 0 Å². The molecule has 7 heteroatoms. The quantitative estimate of drug-likeness (QED) is 0.345. The van der Waals surface area contributed by atoms with Crippen LogP contribution in [0.25, 0.3) is 33.0 Å². The predicted octanol–water partition coefficient (Wildman–Crippen LogP) is 5.64. The molecule has 7 nitrogen and oxygen atoms in total. The van der Waals surface area contributed by atoms with Gasteiger partial charge in [0.1, 0.15) is 17.0 Å². The Morgan fingerprint density at radius 2 is 1.94 bits per heavy atom. The van der Waals surface area contributed by atoms with Crippen LogP contribution in [0, 0.1) is 20.8 Å².